The second-order valence-electron chi connectivity index (χ2n) is 8.88. The Morgan fingerprint density at radius 1 is 1.19 bits per heavy atom. The van der Waals surface area contributed by atoms with Crippen LogP contribution < -0.4 is 9.62 Å². The minimum Gasteiger partial charge on any atom is -0.507 e. The van der Waals surface area contributed by atoms with Crippen LogP contribution in [0.15, 0.2) is 41.3 Å². The van der Waals surface area contributed by atoms with Crippen molar-refractivity contribution in [1.82, 2.24) is 19.6 Å². The van der Waals surface area contributed by atoms with Gasteiger partial charge < -0.3 is 24.6 Å². The number of hydrogen-bond acceptors (Lipinski definition) is 7. The van der Waals surface area contributed by atoms with Crippen molar-refractivity contribution >= 4 is 26.7 Å². The standard InChI is InChI=1S/C22H27N5O4S/c1-26-11-22(12-26)13-27(14-22)15-3-5-18-19(9-15)25-21(24-18)17-10-16(4-6-20(17)28)32(29,30)23-7-8-31-2/h3-6,9-10,23,28H,7-8,11-14H2,1-2H3,(H,24,25). The molecular weight excluding hydrogens is 430 g/mol. The Morgan fingerprint density at radius 2 is 1.97 bits per heavy atom. The molecule has 3 N–H and O–H groups in total. The quantitative estimate of drug-likeness (QED) is 0.462. The van der Waals surface area contributed by atoms with E-state index in [1.807, 2.05) is 6.07 Å². The first-order chi connectivity index (χ1) is 15.3. The van der Waals surface area contributed by atoms with Crippen molar-refractivity contribution in [3.05, 3.63) is 36.4 Å². The molecule has 0 saturated carbocycles. The summed E-state index contributed by atoms with van der Waals surface area (Å²) in [6.45, 7) is 4.85. The molecule has 9 nitrogen and oxygen atoms in total. The van der Waals surface area contributed by atoms with E-state index in [1.165, 1.54) is 25.3 Å². The number of ether oxygens (including phenoxy) is 1. The molecule has 2 fully saturated rings. The average molecular weight is 458 g/mol. The number of anilines is 1. The normalized spacial score (nSPS) is 18.1. The maximum Gasteiger partial charge on any atom is 0.240 e. The van der Waals surface area contributed by atoms with E-state index < -0.39 is 10.0 Å². The summed E-state index contributed by atoms with van der Waals surface area (Å²) >= 11 is 0. The van der Waals surface area contributed by atoms with Gasteiger partial charge in [-0.1, -0.05) is 0 Å². The van der Waals surface area contributed by atoms with Crippen LogP contribution in [0.4, 0.5) is 5.69 Å². The van der Waals surface area contributed by atoms with Crippen LogP contribution in [0.3, 0.4) is 0 Å². The summed E-state index contributed by atoms with van der Waals surface area (Å²) in [5.74, 6) is 0.378. The van der Waals surface area contributed by atoms with Crippen molar-refractivity contribution in [3.8, 4) is 17.1 Å². The highest BCUT2D eigenvalue weighted by Crippen LogP contribution is 2.41. The van der Waals surface area contributed by atoms with Crippen molar-refractivity contribution in [2.24, 2.45) is 5.41 Å². The lowest BCUT2D eigenvalue weighted by atomic mass is 9.73. The predicted molar refractivity (Wildman–Crippen MR) is 122 cm³/mol. The summed E-state index contributed by atoms with van der Waals surface area (Å²) in [4.78, 5) is 12.6. The first kappa shape index (κ1) is 21.2. The maximum atomic E-state index is 12.5. The molecule has 3 aromatic rings. The highest BCUT2D eigenvalue weighted by Gasteiger charge is 2.50. The number of phenols is 1. The van der Waals surface area contributed by atoms with Crippen molar-refractivity contribution in [1.29, 1.82) is 0 Å². The Kier molecular flexibility index (Phi) is 5.12. The van der Waals surface area contributed by atoms with Crippen LogP contribution in [-0.2, 0) is 14.8 Å². The Hall–Kier alpha value is -2.66. The van der Waals surface area contributed by atoms with Gasteiger partial charge in [-0.25, -0.2) is 18.1 Å². The number of sulfonamides is 1. The molecule has 5 rings (SSSR count). The summed E-state index contributed by atoms with van der Waals surface area (Å²) in [6.07, 6.45) is 0. The van der Waals surface area contributed by atoms with Crippen molar-refractivity contribution < 1.29 is 18.3 Å². The molecule has 1 aromatic heterocycles. The largest absolute Gasteiger partial charge is 0.507 e. The number of aromatic amines is 1. The lowest BCUT2D eigenvalue weighted by Crippen LogP contribution is -2.71. The number of aromatic nitrogens is 2. The molecule has 3 heterocycles. The zero-order chi connectivity index (χ0) is 22.5. The number of nitrogens with zero attached hydrogens (tertiary/aromatic N) is 3. The fourth-order valence-electron chi connectivity index (χ4n) is 4.80. The summed E-state index contributed by atoms with van der Waals surface area (Å²) in [7, 11) is -0.0725. The number of rotatable bonds is 7. The maximum absolute atomic E-state index is 12.5. The number of imidazole rings is 1. The Morgan fingerprint density at radius 3 is 2.69 bits per heavy atom. The van der Waals surface area contributed by atoms with Crippen LogP contribution in [0.5, 0.6) is 5.75 Å². The molecule has 0 unspecified atom stereocenters. The number of fused-ring (bicyclic) bond motifs is 1. The molecule has 0 bridgehead atoms. The topological polar surface area (TPSA) is 111 Å². The summed E-state index contributed by atoms with van der Waals surface area (Å²) in [5.41, 5.74) is 3.51. The number of phenolic OH excluding ortho intramolecular Hbond substituents is 1. The SMILES string of the molecule is COCCNS(=O)(=O)c1ccc(O)c(-c2nc3ccc(N4CC5(CN(C)C5)C4)cc3[nH]2)c1. The minimum atomic E-state index is -3.73. The van der Waals surface area contributed by atoms with E-state index in [2.05, 4.69) is 43.7 Å². The number of nitrogens with one attached hydrogen (secondary N) is 2. The molecule has 2 aromatic carbocycles. The van der Waals surface area contributed by atoms with E-state index in [0.29, 0.717) is 16.8 Å². The van der Waals surface area contributed by atoms with Gasteiger partial charge in [-0.2, -0.15) is 0 Å². The van der Waals surface area contributed by atoms with Crippen LogP contribution in [0, 0.1) is 5.41 Å². The molecule has 0 atom stereocenters. The number of likely N-dealkylation sites (tertiary alicyclic amines) is 1. The van der Waals surface area contributed by atoms with E-state index in [4.69, 9.17) is 4.74 Å². The van der Waals surface area contributed by atoms with Crippen molar-refractivity contribution in [3.63, 3.8) is 0 Å². The number of hydrogen-bond donors (Lipinski definition) is 3. The van der Waals surface area contributed by atoms with Crippen LogP contribution in [0.25, 0.3) is 22.4 Å². The van der Waals surface area contributed by atoms with E-state index >= 15 is 0 Å². The number of aromatic hydroxyl groups is 1. The molecule has 2 aliphatic heterocycles. The molecule has 0 radical (unpaired) electrons. The van der Waals surface area contributed by atoms with Crippen LogP contribution in [0.1, 0.15) is 0 Å². The van der Waals surface area contributed by atoms with Crippen LogP contribution >= 0.6 is 0 Å². The molecule has 10 heteroatoms. The number of methoxy groups -OCH3 is 1. The third-order valence-corrected chi connectivity index (χ3v) is 7.68. The predicted octanol–water partition coefficient (Wildman–Crippen LogP) is 1.61. The average Bonchev–Trinajstić information content (AvgIpc) is 3.13. The van der Waals surface area contributed by atoms with Crippen LogP contribution in [0.2, 0.25) is 0 Å². The summed E-state index contributed by atoms with van der Waals surface area (Å²) in [5, 5.41) is 10.4. The van der Waals surface area contributed by atoms with Gasteiger partial charge in [0.1, 0.15) is 11.6 Å². The Bertz CT molecular complexity index is 1260. The molecule has 0 amide bonds. The first-order valence-electron chi connectivity index (χ1n) is 10.5. The zero-order valence-corrected chi connectivity index (χ0v) is 18.9. The van der Waals surface area contributed by atoms with Gasteiger partial charge in [-0.15, -0.1) is 0 Å². The van der Waals surface area contributed by atoms with Gasteiger partial charge in [0, 0.05) is 50.9 Å². The van der Waals surface area contributed by atoms with Crippen molar-refractivity contribution in [2.45, 2.75) is 4.90 Å². The van der Waals surface area contributed by atoms with E-state index in [9.17, 15) is 13.5 Å². The second kappa shape index (κ2) is 7.73. The van der Waals surface area contributed by atoms with Gasteiger partial charge in [-0.3, -0.25) is 0 Å². The Labute approximate surface area is 187 Å². The first-order valence-corrected chi connectivity index (χ1v) is 12.0. The molecule has 170 valence electrons. The highest BCUT2D eigenvalue weighted by atomic mass is 32.2. The molecule has 32 heavy (non-hydrogen) atoms. The highest BCUT2D eigenvalue weighted by molar-refractivity contribution is 7.89. The molecule has 2 aliphatic rings. The van der Waals surface area contributed by atoms with Crippen molar-refractivity contribution in [2.75, 3.05) is 58.4 Å². The molecule has 2 saturated heterocycles. The summed E-state index contributed by atoms with van der Waals surface area (Å²) < 4.78 is 32.5. The van der Waals surface area contributed by atoms with E-state index in [1.54, 1.807) is 0 Å². The van der Waals surface area contributed by atoms with Crippen LogP contribution in [-0.4, -0.2) is 81.9 Å². The van der Waals surface area contributed by atoms with E-state index in [-0.39, 0.29) is 23.8 Å². The van der Waals surface area contributed by atoms with Gasteiger partial charge in [0.05, 0.1) is 28.1 Å². The van der Waals surface area contributed by atoms with Gasteiger partial charge in [0.25, 0.3) is 0 Å². The fraction of sp³-hybridized carbons (Fsp3) is 0.409. The second-order valence-corrected chi connectivity index (χ2v) is 10.7. The van der Waals surface area contributed by atoms with Gasteiger partial charge in [0.15, 0.2) is 0 Å². The molecule has 0 aliphatic carbocycles. The third-order valence-electron chi connectivity index (χ3n) is 6.23. The molecule has 1 spiro atoms. The van der Waals surface area contributed by atoms with Gasteiger partial charge >= 0.3 is 0 Å². The van der Waals surface area contributed by atoms with Gasteiger partial charge in [0.2, 0.25) is 10.0 Å². The third kappa shape index (κ3) is 3.73. The molecular formula is C22H27N5O4S. The van der Waals surface area contributed by atoms with E-state index in [0.717, 1.165) is 42.9 Å². The summed E-state index contributed by atoms with van der Waals surface area (Å²) in [6, 6.07) is 10.2. The smallest absolute Gasteiger partial charge is 0.240 e. The lowest BCUT2D eigenvalue weighted by molar-refractivity contribution is -0.00237. The zero-order valence-electron chi connectivity index (χ0n) is 18.1. The fourth-order valence-corrected chi connectivity index (χ4v) is 5.84. The Balaban J connectivity index is 1.40. The minimum absolute atomic E-state index is 0.0427. The monoisotopic (exact) mass is 457 g/mol. The number of H-pyrrole nitrogens is 1. The lowest BCUT2D eigenvalue weighted by Gasteiger charge is -2.60. The van der Waals surface area contributed by atoms with Gasteiger partial charge in [-0.05, 0) is 43.4 Å². The number of benzene rings is 2.